The molecule has 1 fully saturated rings. The second-order valence-electron chi connectivity index (χ2n) is 4.35. The number of piperidine rings is 1. The predicted octanol–water partition coefficient (Wildman–Crippen LogP) is -0.290. The smallest absolute Gasteiger partial charge is 0.223 e. The van der Waals surface area contributed by atoms with Gasteiger partial charge in [0.05, 0.1) is 0 Å². The maximum Gasteiger partial charge on any atom is 0.223 e. The molecule has 0 radical (unpaired) electrons. The van der Waals surface area contributed by atoms with E-state index in [-0.39, 0.29) is 11.8 Å². The van der Waals surface area contributed by atoms with E-state index in [0.29, 0.717) is 18.8 Å². The van der Waals surface area contributed by atoms with E-state index < -0.39 is 0 Å². The van der Waals surface area contributed by atoms with E-state index in [4.69, 9.17) is 5.73 Å². The third-order valence-corrected chi connectivity index (χ3v) is 3.05. The molecule has 16 heavy (non-hydrogen) atoms. The Balaban J connectivity index is 2.25. The fourth-order valence-corrected chi connectivity index (χ4v) is 2.06. The molecule has 3 N–H and O–H groups in total. The summed E-state index contributed by atoms with van der Waals surface area (Å²) in [6.07, 6.45) is 2.80. The minimum atomic E-state index is -0.236. The molecule has 5 nitrogen and oxygen atoms in total. The number of nitrogens with zero attached hydrogens (tertiary/aromatic N) is 1. The van der Waals surface area contributed by atoms with Crippen LogP contribution in [0, 0.1) is 5.92 Å². The van der Waals surface area contributed by atoms with E-state index >= 15 is 0 Å². The number of carbonyl (C=O) groups is 2. The second kappa shape index (κ2) is 6.48. The molecule has 1 heterocycles. The Hall–Kier alpha value is -1.10. The van der Waals surface area contributed by atoms with Gasteiger partial charge >= 0.3 is 0 Å². The van der Waals surface area contributed by atoms with Crippen LogP contribution in [0.1, 0.15) is 25.7 Å². The molecule has 1 aliphatic heterocycles. The first-order valence-electron chi connectivity index (χ1n) is 5.84. The average molecular weight is 227 g/mol. The van der Waals surface area contributed by atoms with Gasteiger partial charge in [0.25, 0.3) is 0 Å². The first-order chi connectivity index (χ1) is 7.63. The quantitative estimate of drug-likeness (QED) is 0.677. The van der Waals surface area contributed by atoms with Gasteiger partial charge in [0.2, 0.25) is 11.8 Å². The monoisotopic (exact) mass is 227 g/mol. The van der Waals surface area contributed by atoms with Crippen molar-refractivity contribution in [3.8, 4) is 0 Å². The number of carbonyl (C=O) groups excluding carboxylic acids is 2. The zero-order chi connectivity index (χ0) is 12.0. The molecule has 2 amide bonds. The Labute approximate surface area is 96.4 Å². The van der Waals surface area contributed by atoms with E-state index in [1.807, 2.05) is 11.9 Å². The number of hydrogen-bond acceptors (Lipinski definition) is 3. The zero-order valence-electron chi connectivity index (χ0n) is 9.87. The fraction of sp³-hybridized carbons (Fsp3) is 0.818. The van der Waals surface area contributed by atoms with Crippen molar-refractivity contribution in [2.45, 2.75) is 25.7 Å². The zero-order valence-corrected chi connectivity index (χ0v) is 9.87. The summed E-state index contributed by atoms with van der Waals surface area (Å²) in [5, 5.41) is 2.96. The highest BCUT2D eigenvalue weighted by atomic mass is 16.2. The van der Waals surface area contributed by atoms with Crippen LogP contribution in [0.15, 0.2) is 0 Å². The van der Waals surface area contributed by atoms with E-state index in [0.717, 1.165) is 32.5 Å². The lowest BCUT2D eigenvalue weighted by Gasteiger charge is -2.31. The van der Waals surface area contributed by atoms with Crippen LogP contribution in [0.5, 0.6) is 0 Å². The first kappa shape index (κ1) is 13.0. The lowest BCUT2D eigenvalue weighted by atomic mass is 9.93. The SMILES string of the molecule is CNCCC(=O)N1CCC(CC(N)=O)CC1. The molecule has 1 aliphatic rings. The van der Waals surface area contributed by atoms with Gasteiger partial charge in [0.15, 0.2) is 0 Å². The lowest BCUT2D eigenvalue weighted by molar-refractivity contribution is -0.132. The summed E-state index contributed by atoms with van der Waals surface area (Å²) in [7, 11) is 1.84. The Bertz CT molecular complexity index is 248. The topological polar surface area (TPSA) is 75.4 Å². The first-order valence-corrected chi connectivity index (χ1v) is 5.84. The average Bonchev–Trinajstić information content (AvgIpc) is 2.26. The standard InChI is InChI=1S/C11H21N3O2/c1-13-5-2-11(16)14-6-3-9(4-7-14)8-10(12)15/h9,13H,2-8H2,1H3,(H2,12,15). The Morgan fingerprint density at radius 2 is 2.00 bits per heavy atom. The molecule has 1 saturated heterocycles. The van der Waals surface area contributed by atoms with Crippen LogP contribution in [0.3, 0.4) is 0 Å². The summed E-state index contributed by atoms with van der Waals surface area (Å²) >= 11 is 0. The van der Waals surface area contributed by atoms with E-state index in [2.05, 4.69) is 5.32 Å². The van der Waals surface area contributed by atoms with Gasteiger partial charge in [-0.3, -0.25) is 9.59 Å². The maximum absolute atomic E-state index is 11.7. The van der Waals surface area contributed by atoms with Crippen molar-refractivity contribution in [1.29, 1.82) is 0 Å². The molecule has 0 aromatic carbocycles. The number of likely N-dealkylation sites (tertiary alicyclic amines) is 1. The maximum atomic E-state index is 11.7. The highest BCUT2D eigenvalue weighted by Gasteiger charge is 2.23. The van der Waals surface area contributed by atoms with E-state index in [1.54, 1.807) is 0 Å². The van der Waals surface area contributed by atoms with Crippen molar-refractivity contribution in [3.05, 3.63) is 0 Å². The van der Waals surface area contributed by atoms with Crippen LogP contribution < -0.4 is 11.1 Å². The number of amides is 2. The molecule has 0 atom stereocenters. The largest absolute Gasteiger partial charge is 0.370 e. The molecule has 0 unspecified atom stereocenters. The highest BCUT2D eigenvalue weighted by molar-refractivity contribution is 5.76. The molecular formula is C11H21N3O2. The van der Waals surface area contributed by atoms with Crippen LogP contribution >= 0.6 is 0 Å². The molecule has 0 bridgehead atoms. The van der Waals surface area contributed by atoms with Crippen molar-refractivity contribution in [2.75, 3.05) is 26.7 Å². The normalized spacial score (nSPS) is 17.4. The van der Waals surface area contributed by atoms with Crippen molar-refractivity contribution < 1.29 is 9.59 Å². The number of primary amides is 1. The van der Waals surface area contributed by atoms with Gasteiger partial charge in [-0.1, -0.05) is 0 Å². The Morgan fingerprint density at radius 1 is 1.38 bits per heavy atom. The summed E-state index contributed by atoms with van der Waals surface area (Å²) in [5.41, 5.74) is 5.16. The lowest BCUT2D eigenvalue weighted by Crippen LogP contribution is -2.40. The molecule has 92 valence electrons. The minimum Gasteiger partial charge on any atom is -0.370 e. The van der Waals surface area contributed by atoms with Crippen LogP contribution in [0.4, 0.5) is 0 Å². The summed E-state index contributed by atoms with van der Waals surface area (Å²) < 4.78 is 0. The van der Waals surface area contributed by atoms with Gasteiger partial charge in [0.1, 0.15) is 0 Å². The van der Waals surface area contributed by atoms with Gasteiger partial charge in [-0.2, -0.15) is 0 Å². The molecule has 1 rings (SSSR count). The van der Waals surface area contributed by atoms with Gasteiger partial charge in [-0.05, 0) is 25.8 Å². The van der Waals surface area contributed by atoms with Crippen molar-refractivity contribution in [1.82, 2.24) is 10.2 Å². The Kier molecular flexibility index (Phi) is 5.25. The van der Waals surface area contributed by atoms with Gasteiger partial charge in [-0.25, -0.2) is 0 Å². The van der Waals surface area contributed by atoms with Gasteiger partial charge in [0, 0.05) is 32.5 Å². The summed E-state index contributed by atoms with van der Waals surface area (Å²) in [4.78, 5) is 24.3. The third kappa shape index (κ3) is 4.18. The second-order valence-corrected chi connectivity index (χ2v) is 4.35. The number of nitrogens with one attached hydrogen (secondary N) is 1. The van der Waals surface area contributed by atoms with Crippen molar-refractivity contribution in [3.63, 3.8) is 0 Å². The van der Waals surface area contributed by atoms with Crippen molar-refractivity contribution >= 4 is 11.8 Å². The summed E-state index contributed by atoms with van der Waals surface area (Å²) in [6.45, 7) is 2.25. The fourth-order valence-electron chi connectivity index (χ4n) is 2.06. The van der Waals surface area contributed by atoms with Gasteiger partial charge in [-0.15, -0.1) is 0 Å². The molecule has 0 aromatic heterocycles. The molecule has 5 heteroatoms. The predicted molar refractivity (Wildman–Crippen MR) is 61.7 cm³/mol. The van der Waals surface area contributed by atoms with Crippen LogP contribution in [0.2, 0.25) is 0 Å². The van der Waals surface area contributed by atoms with Crippen LogP contribution in [0.25, 0.3) is 0 Å². The molecular weight excluding hydrogens is 206 g/mol. The Morgan fingerprint density at radius 3 is 2.50 bits per heavy atom. The van der Waals surface area contributed by atoms with E-state index in [1.165, 1.54) is 0 Å². The van der Waals surface area contributed by atoms with E-state index in [9.17, 15) is 9.59 Å². The molecule has 0 aliphatic carbocycles. The molecule has 0 aromatic rings. The number of nitrogens with two attached hydrogens (primary N) is 1. The number of rotatable bonds is 5. The van der Waals surface area contributed by atoms with Crippen molar-refractivity contribution in [2.24, 2.45) is 11.7 Å². The third-order valence-electron chi connectivity index (χ3n) is 3.05. The summed E-state index contributed by atoms with van der Waals surface area (Å²) in [6, 6.07) is 0. The molecule has 0 spiro atoms. The number of hydrogen-bond donors (Lipinski definition) is 2. The minimum absolute atomic E-state index is 0.201. The highest BCUT2D eigenvalue weighted by Crippen LogP contribution is 2.20. The molecule has 0 saturated carbocycles. The van der Waals surface area contributed by atoms with Gasteiger partial charge < -0.3 is 16.0 Å². The van der Waals surface area contributed by atoms with Crippen LogP contribution in [-0.2, 0) is 9.59 Å². The summed E-state index contributed by atoms with van der Waals surface area (Å²) in [5.74, 6) is 0.331. The van der Waals surface area contributed by atoms with Crippen LogP contribution in [-0.4, -0.2) is 43.4 Å².